The number of ether oxygens (including phenoxy) is 3. The SMILES string of the molecule is CNC(=O)CC[C@@H]1C[C@@H](C)[C@H]2C(O1)[C@H](O)[C@@]1(C)C3CC[C@H]4C(C)(C)C(OC5CN(C(=O)CC6CC6)CCO5)CCC45CC35CCC21C. The van der Waals surface area contributed by atoms with Gasteiger partial charge in [0.25, 0.3) is 0 Å². The minimum atomic E-state index is -0.471. The Kier molecular flexibility index (Phi) is 7.81. The van der Waals surface area contributed by atoms with Gasteiger partial charge in [-0.25, -0.2) is 0 Å². The molecule has 0 aromatic heterocycles. The highest BCUT2D eigenvalue weighted by molar-refractivity contribution is 5.77. The van der Waals surface area contributed by atoms with E-state index in [9.17, 15) is 14.7 Å². The lowest BCUT2D eigenvalue weighted by atomic mass is 9.41. The number of rotatable bonds is 7. The normalized spacial score (nSPS) is 51.1. The minimum absolute atomic E-state index is 0.0238. The predicted octanol–water partition coefficient (Wildman–Crippen LogP) is 5.70. The van der Waals surface area contributed by atoms with Gasteiger partial charge in [-0.3, -0.25) is 9.59 Å². The van der Waals surface area contributed by atoms with Crippen molar-refractivity contribution >= 4 is 11.8 Å². The smallest absolute Gasteiger partial charge is 0.223 e. The summed E-state index contributed by atoms with van der Waals surface area (Å²) in [5.74, 6) is 2.87. The van der Waals surface area contributed by atoms with Crippen LogP contribution in [0.5, 0.6) is 0 Å². The number of amides is 2. The third-order valence-electron chi connectivity index (χ3n) is 16.6. The summed E-state index contributed by atoms with van der Waals surface area (Å²) in [4.78, 5) is 26.9. The number of hydrogen-bond acceptors (Lipinski definition) is 6. The van der Waals surface area contributed by atoms with E-state index in [1.807, 2.05) is 4.90 Å². The molecule has 2 aliphatic heterocycles. The first-order valence-electron chi connectivity index (χ1n) is 19.4. The van der Waals surface area contributed by atoms with E-state index < -0.39 is 6.10 Å². The van der Waals surface area contributed by atoms with E-state index in [0.29, 0.717) is 73.0 Å². The molecule has 8 heteroatoms. The Morgan fingerprint density at radius 2 is 1.74 bits per heavy atom. The highest BCUT2D eigenvalue weighted by atomic mass is 16.7. The van der Waals surface area contributed by atoms with Crippen LogP contribution in [0.15, 0.2) is 0 Å². The quantitative estimate of drug-likeness (QED) is 0.366. The molecule has 0 aromatic carbocycles. The third-order valence-corrected chi connectivity index (χ3v) is 16.6. The van der Waals surface area contributed by atoms with Gasteiger partial charge in [-0.05, 0) is 122 Å². The molecule has 0 bridgehead atoms. The van der Waals surface area contributed by atoms with Gasteiger partial charge >= 0.3 is 0 Å². The first-order chi connectivity index (χ1) is 22.3. The van der Waals surface area contributed by atoms with Gasteiger partial charge in [0.05, 0.1) is 37.6 Å². The fourth-order valence-electron chi connectivity index (χ4n) is 14.0. The first-order valence-corrected chi connectivity index (χ1v) is 19.4. The van der Waals surface area contributed by atoms with Crippen molar-refractivity contribution < 1.29 is 28.9 Å². The van der Waals surface area contributed by atoms with Crippen LogP contribution in [-0.2, 0) is 23.8 Å². The monoisotopic (exact) mass is 654 g/mol. The summed E-state index contributed by atoms with van der Waals surface area (Å²) in [5.41, 5.74) is 0.528. The molecule has 2 N–H and O–H groups in total. The summed E-state index contributed by atoms with van der Waals surface area (Å²) >= 11 is 0. The maximum absolute atomic E-state index is 12.9. The molecule has 6 saturated carbocycles. The lowest BCUT2D eigenvalue weighted by molar-refractivity contribution is -0.248. The van der Waals surface area contributed by atoms with Crippen LogP contribution in [0.2, 0.25) is 0 Å². The van der Waals surface area contributed by atoms with Gasteiger partial charge in [0.1, 0.15) is 0 Å². The Morgan fingerprint density at radius 3 is 2.49 bits per heavy atom. The number of aliphatic hydroxyl groups excluding tert-OH is 1. The first kappa shape index (κ1) is 33.0. The summed E-state index contributed by atoms with van der Waals surface area (Å²) in [6, 6.07) is 0. The number of morpholine rings is 1. The van der Waals surface area contributed by atoms with Crippen molar-refractivity contribution in [2.24, 2.45) is 56.7 Å². The summed E-state index contributed by atoms with van der Waals surface area (Å²) in [5, 5.41) is 15.2. The van der Waals surface area contributed by atoms with Crippen molar-refractivity contribution in [2.45, 2.75) is 149 Å². The van der Waals surface area contributed by atoms with Crippen LogP contribution in [0, 0.1) is 56.7 Å². The molecule has 6 aliphatic carbocycles. The molecule has 8 rings (SSSR count). The Labute approximate surface area is 282 Å². The van der Waals surface area contributed by atoms with Gasteiger partial charge in [0.2, 0.25) is 11.8 Å². The van der Waals surface area contributed by atoms with Crippen molar-refractivity contribution in [1.29, 1.82) is 0 Å². The maximum Gasteiger partial charge on any atom is 0.223 e. The molecular formula is C39H62N2O6. The number of aliphatic hydroxyl groups is 1. The molecule has 0 radical (unpaired) electrons. The van der Waals surface area contributed by atoms with E-state index in [-0.39, 0.29) is 52.7 Å². The molecule has 2 spiro atoms. The number of nitrogens with zero attached hydrogens (tertiary/aromatic N) is 1. The Balaban J connectivity index is 0.987. The standard InChI is InChI=1S/C39H62N2O6/c1-23-19-25(9-12-29(42)40-6)46-33-32(23)36(4)15-16-39-22-38(39)14-13-28(35(2,3)26(38)10-11-27(39)37(36,5)34(33)44)47-31-21-41(17-18-45-31)30(43)20-24-7-8-24/h23-28,31-34,44H,7-22H2,1-6H3,(H,40,42)/t23-,25-,26+,27?,28?,31?,32+,33?,34+,36?,37-,38?,39?/m1/s1. The predicted molar refractivity (Wildman–Crippen MR) is 178 cm³/mol. The number of fused-ring (bicyclic) bond motifs is 4. The Hall–Kier alpha value is -1.22. The van der Waals surface area contributed by atoms with Crippen molar-refractivity contribution in [3.63, 3.8) is 0 Å². The molecule has 2 saturated heterocycles. The largest absolute Gasteiger partial charge is 0.390 e. The van der Waals surface area contributed by atoms with Crippen LogP contribution in [0.25, 0.3) is 0 Å². The van der Waals surface area contributed by atoms with Crippen LogP contribution in [0.4, 0.5) is 0 Å². The van der Waals surface area contributed by atoms with Gasteiger partial charge in [-0.1, -0.05) is 34.6 Å². The highest BCUT2D eigenvalue weighted by Gasteiger charge is 2.84. The molecule has 2 heterocycles. The molecule has 7 unspecified atom stereocenters. The van der Waals surface area contributed by atoms with Crippen molar-refractivity contribution in [1.82, 2.24) is 10.2 Å². The molecule has 8 nitrogen and oxygen atoms in total. The topological polar surface area (TPSA) is 97.3 Å². The average molecular weight is 655 g/mol. The number of nitrogens with one attached hydrogen (secondary N) is 1. The summed E-state index contributed by atoms with van der Waals surface area (Å²) in [6.07, 6.45) is 12.8. The van der Waals surface area contributed by atoms with Gasteiger partial charge < -0.3 is 29.5 Å². The lowest BCUT2D eigenvalue weighted by Gasteiger charge is -2.64. The van der Waals surface area contributed by atoms with Gasteiger partial charge in [-0.15, -0.1) is 0 Å². The van der Waals surface area contributed by atoms with E-state index in [0.717, 1.165) is 19.3 Å². The van der Waals surface area contributed by atoms with E-state index in [4.69, 9.17) is 14.2 Å². The average Bonchev–Trinajstić information content (AvgIpc) is 3.96. The van der Waals surface area contributed by atoms with Gasteiger partial charge in [0, 0.05) is 31.8 Å². The maximum atomic E-state index is 12.9. The fraction of sp³-hybridized carbons (Fsp3) is 0.949. The highest BCUT2D eigenvalue weighted by Crippen LogP contribution is 2.89. The Bertz CT molecular complexity index is 1270. The van der Waals surface area contributed by atoms with Crippen LogP contribution >= 0.6 is 0 Å². The molecule has 13 atom stereocenters. The van der Waals surface area contributed by atoms with Crippen LogP contribution in [-0.4, -0.2) is 79.3 Å². The summed E-state index contributed by atoms with van der Waals surface area (Å²) in [6.45, 7) is 14.1. The number of carbonyl (C=O) groups excluding carboxylic acids is 2. The fourth-order valence-corrected chi connectivity index (χ4v) is 14.0. The zero-order valence-corrected chi connectivity index (χ0v) is 30.0. The number of hydrogen-bond donors (Lipinski definition) is 2. The zero-order valence-electron chi connectivity index (χ0n) is 30.0. The summed E-state index contributed by atoms with van der Waals surface area (Å²) in [7, 11) is 1.70. The molecule has 264 valence electrons. The van der Waals surface area contributed by atoms with E-state index in [1.165, 1.54) is 51.4 Å². The van der Waals surface area contributed by atoms with Crippen molar-refractivity contribution in [2.75, 3.05) is 26.7 Å². The van der Waals surface area contributed by atoms with E-state index >= 15 is 0 Å². The van der Waals surface area contributed by atoms with Crippen molar-refractivity contribution in [3.8, 4) is 0 Å². The molecule has 47 heavy (non-hydrogen) atoms. The van der Waals surface area contributed by atoms with Gasteiger partial charge in [0.15, 0.2) is 6.29 Å². The zero-order chi connectivity index (χ0) is 33.1. The second-order valence-electron chi connectivity index (χ2n) is 18.8. The van der Waals surface area contributed by atoms with E-state index in [1.54, 1.807) is 7.05 Å². The van der Waals surface area contributed by atoms with E-state index in [2.05, 4.69) is 39.9 Å². The molecular weight excluding hydrogens is 592 g/mol. The van der Waals surface area contributed by atoms with Crippen LogP contribution in [0.1, 0.15) is 118 Å². The summed E-state index contributed by atoms with van der Waals surface area (Å²) < 4.78 is 19.8. The molecule has 0 aromatic rings. The third kappa shape index (κ3) is 4.65. The molecule has 2 amide bonds. The second-order valence-corrected chi connectivity index (χ2v) is 18.8. The van der Waals surface area contributed by atoms with Crippen LogP contribution < -0.4 is 5.32 Å². The number of carbonyl (C=O) groups is 2. The minimum Gasteiger partial charge on any atom is -0.390 e. The molecule has 8 fully saturated rings. The molecule has 8 aliphatic rings. The Morgan fingerprint density at radius 1 is 1.00 bits per heavy atom. The van der Waals surface area contributed by atoms with Crippen LogP contribution in [0.3, 0.4) is 0 Å². The van der Waals surface area contributed by atoms with Crippen molar-refractivity contribution in [3.05, 3.63) is 0 Å². The van der Waals surface area contributed by atoms with Gasteiger partial charge in [-0.2, -0.15) is 0 Å². The second kappa shape index (κ2) is 11.1. The lowest BCUT2D eigenvalue weighted by Crippen LogP contribution is -2.60.